The van der Waals surface area contributed by atoms with Crippen LogP contribution in [0.25, 0.3) is 0 Å². The number of halogens is 1. The Hall–Kier alpha value is -2.07. The van der Waals surface area contributed by atoms with Gasteiger partial charge >= 0.3 is 5.97 Å². The minimum Gasteiger partial charge on any atom is -0.460 e. The highest BCUT2D eigenvalue weighted by Crippen LogP contribution is 2.37. The molecule has 1 atom stereocenters. The Morgan fingerprint density at radius 2 is 2.21 bits per heavy atom. The first-order valence-electron chi connectivity index (χ1n) is 7.93. The van der Waals surface area contributed by atoms with Crippen LogP contribution < -0.4 is 0 Å². The third-order valence-corrected chi connectivity index (χ3v) is 4.18. The lowest BCUT2D eigenvalue weighted by Gasteiger charge is -2.34. The number of hydrogen-bond acceptors (Lipinski definition) is 3. The van der Waals surface area contributed by atoms with Crippen molar-refractivity contribution in [1.29, 1.82) is 0 Å². The molecule has 1 aliphatic heterocycles. The molecule has 0 N–H and O–H groups in total. The first-order chi connectivity index (χ1) is 11.3. The molecule has 0 fully saturated rings. The molecule has 1 aliphatic rings. The fraction of sp³-hybridized carbons (Fsp3) is 0.368. The predicted octanol–water partition coefficient (Wildman–Crippen LogP) is 4.07. The fourth-order valence-corrected chi connectivity index (χ4v) is 3.11. The van der Waals surface area contributed by atoms with Crippen molar-refractivity contribution in [2.45, 2.75) is 39.2 Å². The summed E-state index contributed by atoms with van der Waals surface area (Å²) >= 11 is 6.09. The SMILES string of the molecule is C=CCN1C(=O)C[C@@H](c2cccc(Cl)c2)C(C(=O)OC(C)C)=C1C. The second-order valence-corrected chi connectivity index (χ2v) is 6.49. The maximum Gasteiger partial charge on any atom is 0.336 e. The number of allylic oxidation sites excluding steroid dienone is 1. The van der Waals surface area contributed by atoms with Crippen LogP contribution in [0.2, 0.25) is 5.02 Å². The van der Waals surface area contributed by atoms with Gasteiger partial charge in [0.1, 0.15) is 0 Å². The molecule has 0 bridgehead atoms. The van der Waals surface area contributed by atoms with Gasteiger partial charge in [-0.3, -0.25) is 4.79 Å². The van der Waals surface area contributed by atoms with E-state index in [9.17, 15) is 9.59 Å². The lowest BCUT2D eigenvalue weighted by atomic mass is 9.83. The molecule has 0 saturated heterocycles. The summed E-state index contributed by atoms with van der Waals surface area (Å²) in [6.45, 7) is 9.43. The van der Waals surface area contributed by atoms with E-state index in [2.05, 4.69) is 6.58 Å². The number of carbonyl (C=O) groups is 2. The quantitative estimate of drug-likeness (QED) is 0.596. The largest absolute Gasteiger partial charge is 0.460 e. The summed E-state index contributed by atoms with van der Waals surface area (Å²) in [4.78, 5) is 26.8. The molecule has 1 heterocycles. The number of benzene rings is 1. The van der Waals surface area contributed by atoms with E-state index in [-0.39, 0.29) is 24.3 Å². The Morgan fingerprint density at radius 1 is 1.50 bits per heavy atom. The molecule has 5 heteroatoms. The summed E-state index contributed by atoms with van der Waals surface area (Å²) in [6, 6.07) is 7.25. The number of amides is 1. The minimum absolute atomic E-state index is 0.0431. The summed E-state index contributed by atoms with van der Waals surface area (Å²) in [5, 5.41) is 0.572. The Labute approximate surface area is 147 Å². The molecule has 1 aromatic carbocycles. The van der Waals surface area contributed by atoms with Gasteiger partial charge < -0.3 is 9.64 Å². The van der Waals surface area contributed by atoms with Gasteiger partial charge in [-0.15, -0.1) is 6.58 Å². The average Bonchev–Trinajstić information content (AvgIpc) is 2.50. The molecule has 1 amide bonds. The van der Waals surface area contributed by atoms with Crippen LogP contribution in [0.15, 0.2) is 48.2 Å². The smallest absolute Gasteiger partial charge is 0.336 e. The van der Waals surface area contributed by atoms with Gasteiger partial charge in [-0.2, -0.15) is 0 Å². The van der Waals surface area contributed by atoms with E-state index in [4.69, 9.17) is 16.3 Å². The molecule has 1 aromatic rings. The number of carbonyl (C=O) groups excluding carboxylic acids is 2. The van der Waals surface area contributed by atoms with Gasteiger partial charge in [-0.1, -0.05) is 29.8 Å². The highest BCUT2D eigenvalue weighted by molar-refractivity contribution is 6.30. The minimum atomic E-state index is -0.394. The zero-order chi connectivity index (χ0) is 17.9. The lowest BCUT2D eigenvalue weighted by molar-refractivity contribution is -0.143. The van der Waals surface area contributed by atoms with Crippen molar-refractivity contribution in [3.05, 3.63) is 58.8 Å². The van der Waals surface area contributed by atoms with Crippen molar-refractivity contribution < 1.29 is 14.3 Å². The van der Waals surface area contributed by atoms with Crippen molar-refractivity contribution >= 4 is 23.5 Å². The van der Waals surface area contributed by atoms with Crippen molar-refractivity contribution in [3.63, 3.8) is 0 Å². The van der Waals surface area contributed by atoms with Crippen molar-refractivity contribution in [3.8, 4) is 0 Å². The van der Waals surface area contributed by atoms with Gasteiger partial charge in [0.05, 0.1) is 11.7 Å². The van der Waals surface area contributed by atoms with Crippen LogP contribution in [0.1, 0.15) is 38.7 Å². The zero-order valence-corrected chi connectivity index (χ0v) is 15.0. The Balaban J connectivity index is 2.53. The van der Waals surface area contributed by atoms with E-state index in [0.717, 1.165) is 5.56 Å². The monoisotopic (exact) mass is 347 g/mol. The molecular formula is C19H22ClNO3. The van der Waals surface area contributed by atoms with Crippen LogP contribution in [-0.2, 0) is 14.3 Å². The van der Waals surface area contributed by atoms with E-state index < -0.39 is 5.97 Å². The number of rotatable bonds is 5. The maximum absolute atomic E-state index is 12.7. The van der Waals surface area contributed by atoms with E-state index in [1.54, 1.807) is 43.9 Å². The first-order valence-corrected chi connectivity index (χ1v) is 8.31. The molecule has 24 heavy (non-hydrogen) atoms. The summed E-state index contributed by atoms with van der Waals surface area (Å²) in [7, 11) is 0. The highest BCUT2D eigenvalue weighted by Gasteiger charge is 2.36. The molecule has 128 valence electrons. The molecule has 0 saturated carbocycles. The molecule has 4 nitrogen and oxygen atoms in total. The summed E-state index contributed by atoms with van der Waals surface area (Å²) in [5.74, 6) is -0.795. The number of esters is 1. The van der Waals surface area contributed by atoms with Crippen molar-refractivity contribution in [2.24, 2.45) is 0 Å². The molecule has 0 aromatic heterocycles. The molecule has 0 radical (unpaired) electrons. The predicted molar refractivity (Wildman–Crippen MR) is 94.6 cm³/mol. The molecule has 2 rings (SSSR count). The molecule has 0 aliphatic carbocycles. The van der Waals surface area contributed by atoms with Crippen LogP contribution in [-0.4, -0.2) is 29.4 Å². The topological polar surface area (TPSA) is 46.6 Å². The van der Waals surface area contributed by atoms with E-state index in [1.807, 2.05) is 12.1 Å². The van der Waals surface area contributed by atoms with Crippen LogP contribution in [0.4, 0.5) is 0 Å². The van der Waals surface area contributed by atoms with E-state index in [1.165, 1.54) is 0 Å². The maximum atomic E-state index is 12.7. The van der Waals surface area contributed by atoms with Crippen molar-refractivity contribution in [1.82, 2.24) is 4.90 Å². The number of nitrogens with zero attached hydrogens (tertiary/aromatic N) is 1. The Bertz CT molecular complexity index is 694. The Morgan fingerprint density at radius 3 is 2.79 bits per heavy atom. The second kappa shape index (κ2) is 7.67. The highest BCUT2D eigenvalue weighted by atomic mass is 35.5. The standard InChI is InChI=1S/C19H22ClNO3/c1-5-9-21-13(4)18(19(23)24-12(2)3)16(11-17(21)22)14-7-6-8-15(20)10-14/h5-8,10,12,16H,1,9,11H2,2-4H3/t16-/m0/s1. The van der Waals surface area contributed by atoms with Crippen LogP contribution in [0.5, 0.6) is 0 Å². The van der Waals surface area contributed by atoms with Crippen LogP contribution >= 0.6 is 11.6 Å². The van der Waals surface area contributed by atoms with E-state index >= 15 is 0 Å². The Kier molecular flexibility index (Phi) is 5.84. The van der Waals surface area contributed by atoms with Gasteiger partial charge in [0.25, 0.3) is 0 Å². The third kappa shape index (κ3) is 3.88. The lowest BCUT2D eigenvalue weighted by Crippen LogP contribution is -2.38. The van der Waals surface area contributed by atoms with Crippen molar-refractivity contribution in [2.75, 3.05) is 6.54 Å². The summed E-state index contributed by atoms with van der Waals surface area (Å²) < 4.78 is 5.41. The third-order valence-electron chi connectivity index (χ3n) is 3.95. The van der Waals surface area contributed by atoms with Gasteiger partial charge in [-0.25, -0.2) is 4.79 Å². The summed E-state index contributed by atoms with van der Waals surface area (Å²) in [5.41, 5.74) is 1.96. The first kappa shape index (κ1) is 18.3. The normalized spacial score (nSPS) is 18.1. The molecule has 0 unspecified atom stereocenters. The van der Waals surface area contributed by atoms with E-state index in [0.29, 0.717) is 22.8 Å². The second-order valence-electron chi connectivity index (χ2n) is 6.06. The fourth-order valence-electron chi connectivity index (χ4n) is 2.91. The number of hydrogen-bond donors (Lipinski definition) is 0. The average molecular weight is 348 g/mol. The molecule has 0 spiro atoms. The van der Waals surface area contributed by atoms with Gasteiger partial charge in [0, 0.05) is 29.6 Å². The molecular weight excluding hydrogens is 326 g/mol. The van der Waals surface area contributed by atoms with Crippen LogP contribution in [0, 0.1) is 0 Å². The summed E-state index contributed by atoms with van der Waals surface area (Å²) in [6.07, 6.45) is 1.61. The van der Waals surface area contributed by atoms with Gasteiger partial charge in [0.15, 0.2) is 0 Å². The number of ether oxygens (including phenoxy) is 1. The van der Waals surface area contributed by atoms with Gasteiger partial charge in [0.2, 0.25) is 5.91 Å². The van der Waals surface area contributed by atoms with Gasteiger partial charge in [-0.05, 0) is 38.5 Å². The zero-order valence-electron chi connectivity index (χ0n) is 14.2. The van der Waals surface area contributed by atoms with Crippen LogP contribution in [0.3, 0.4) is 0 Å².